The van der Waals surface area contributed by atoms with Gasteiger partial charge in [0.1, 0.15) is 5.82 Å². The van der Waals surface area contributed by atoms with Gasteiger partial charge < -0.3 is 10.2 Å². The fourth-order valence-electron chi connectivity index (χ4n) is 3.19. The maximum atomic E-state index is 13.1. The van der Waals surface area contributed by atoms with Crippen LogP contribution in [0.25, 0.3) is 0 Å². The molecule has 1 saturated heterocycles. The summed E-state index contributed by atoms with van der Waals surface area (Å²) in [5, 5.41) is 3.53. The summed E-state index contributed by atoms with van der Waals surface area (Å²) in [6.07, 6.45) is 5.10. The topological polar surface area (TPSA) is 15.3 Å². The minimum atomic E-state index is -0.157. The molecule has 118 valence electrons. The minimum Gasteiger partial charge on any atom is -0.310 e. The summed E-state index contributed by atoms with van der Waals surface area (Å²) < 4.78 is 13.1. The van der Waals surface area contributed by atoms with Crippen molar-refractivity contribution in [2.45, 2.75) is 45.6 Å². The molecule has 0 amide bonds. The summed E-state index contributed by atoms with van der Waals surface area (Å²) in [5.74, 6) is 0.715. The lowest BCUT2D eigenvalue weighted by Gasteiger charge is -2.24. The number of nitrogens with one attached hydrogen (secondary N) is 1. The molecule has 0 aromatic heterocycles. The zero-order chi connectivity index (χ0) is 15.1. The molecule has 21 heavy (non-hydrogen) atoms. The number of hydrogen-bond acceptors (Lipinski definition) is 2. The molecule has 2 unspecified atom stereocenters. The number of nitrogens with zero attached hydrogens (tertiary/aromatic N) is 1. The summed E-state index contributed by atoms with van der Waals surface area (Å²) in [4.78, 5) is 2.59. The van der Waals surface area contributed by atoms with Crippen LogP contribution in [0, 0.1) is 11.7 Å². The lowest BCUT2D eigenvalue weighted by molar-refractivity contribution is 0.264. The lowest BCUT2D eigenvalue weighted by atomic mass is 10.0. The first-order valence-corrected chi connectivity index (χ1v) is 8.40. The Morgan fingerprint density at radius 1 is 1.24 bits per heavy atom. The van der Waals surface area contributed by atoms with E-state index in [4.69, 9.17) is 0 Å². The molecule has 0 radical (unpaired) electrons. The first kappa shape index (κ1) is 16.4. The van der Waals surface area contributed by atoms with Crippen LogP contribution in [-0.2, 0) is 0 Å². The lowest BCUT2D eigenvalue weighted by Crippen LogP contribution is -2.30. The molecule has 0 aliphatic carbocycles. The third-order valence-electron chi connectivity index (χ3n) is 4.57. The quantitative estimate of drug-likeness (QED) is 0.853. The van der Waals surface area contributed by atoms with Gasteiger partial charge in [0.05, 0.1) is 0 Å². The number of rotatable bonds is 6. The SMILES string of the molecule is CCNC(CCN1CCCC(C)CC1)c1ccc(F)cc1. The van der Waals surface area contributed by atoms with Crippen LogP contribution in [-0.4, -0.2) is 31.1 Å². The maximum absolute atomic E-state index is 13.1. The number of benzene rings is 1. The molecule has 1 aliphatic heterocycles. The average molecular weight is 292 g/mol. The molecule has 2 rings (SSSR count). The van der Waals surface area contributed by atoms with E-state index in [1.165, 1.54) is 37.9 Å². The summed E-state index contributed by atoms with van der Waals surface area (Å²) in [6, 6.07) is 7.28. The smallest absolute Gasteiger partial charge is 0.123 e. The molecule has 0 spiro atoms. The minimum absolute atomic E-state index is 0.157. The molecule has 1 aliphatic rings. The van der Waals surface area contributed by atoms with Gasteiger partial charge in [0.2, 0.25) is 0 Å². The third kappa shape index (κ3) is 5.40. The standard InChI is InChI=1S/C18H29FN2/c1-3-20-18(16-6-8-17(19)9-7-16)11-14-21-12-4-5-15(2)10-13-21/h6-9,15,18,20H,3-5,10-14H2,1-2H3. The molecule has 1 heterocycles. The third-order valence-corrected chi connectivity index (χ3v) is 4.57. The Balaban J connectivity index is 1.89. The molecule has 1 aromatic rings. The Kier molecular flexibility index (Phi) is 6.65. The van der Waals surface area contributed by atoms with Crippen LogP contribution in [0.15, 0.2) is 24.3 Å². The van der Waals surface area contributed by atoms with Crippen molar-refractivity contribution in [3.05, 3.63) is 35.6 Å². The van der Waals surface area contributed by atoms with Gasteiger partial charge in [-0.2, -0.15) is 0 Å². The van der Waals surface area contributed by atoms with Gasteiger partial charge in [0.15, 0.2) is 0 Å². The highest BCUT2D eigenvalue weighted by atomic mass is 19.1. The second-order valence-corrected chi connectivity index (χ2v) is 6.33. The fourth-order valence-corrected chi connectivity index (χ4v) is 3.19. The molecule has 1 aromatic carbocycles. The van der Waals surface area contributed by atoms with Crippen LogP contribution in [0.3, 0.4) is 0 Å². The van der Waals surface area contributed by atoms with Gasteiger partial charge >= 0.3 is 0 Å². The summed E-state index contributed by atoms with van der Waals surface area (Å²) in [6.45, 7) is 9.02. The Morgan fingerprint density at radius 3 is 2.71 bits per heavy atom. The van der Waals surface area contributed by atoms with E-state index in [9.17, 15) is 4.39 Å². The van der Waals surface area contributed by atoms with Gasteiger partial charge in [-0.3, -0.25) is 0 Å². The Morgan fingerprint density at radius 2 is 2.00 bits per heavy atom. The fraction of sp³-hybridized carbons (Fsp3) is 0.667. The van der Waals surface area contributed by atoms with Crippen molar-refractivity contribution < 1.29 is 4.39 Å². The van der Waals surface area contributed by atoms with Crippen molar-refractivity contribution in [1.82, 2.24) is 10.2 Å². The zero-order valence-corrected chi connectivity index (χ0v) is 13.4. The molecule has 3 heteroatoms. The predicted octanol–water partition coefficient (Wildman–Crippen LogP) is 3.99. The summed E-state index contributed by atoms with van der Waals surface area (Å²) in [7, 11) is 0. The van der Waals surface area contributed by atoms with Gasteiger partial charge in [0.25, 0.3) is 0 Å². The largest absolute Gasteiger partial charge is 0.310 e. The highest BCUT2D eigenvalue weighted by Gasteiger charge is 2.16. The van der Waals surface area contributed by atoms with Crippen LogP contribution in [0.5, 0.6) is 0 Å². The second-order valence-electron chi connectivity index (χ2n) is 6.33. The highest BCUT2D eigenvalue weighted by molar-refractivity contribution is 5.19. The molecule has 2 nitrogen and oxygen atoms in total. The summed E-state index contributed by atoms with van der Waals surface area (Å²) >= 11 is 0. The Bertz CT molecular complexity index is 404. The first-order valence-electron chi connectivity index (χ1n) is 8.40. The van der Waals surface area contributed by atoms with Crippen molar-refractivity contribution in [2.75, 3.05) is 26.2 Å². The molecule has 0 saturated carbocycles. The monoisotopic (exact) mass is 292 g/mol. The Labute approximate surface area is 128 Å². The predicted molar refractivity (Wildman–Crippen MR) is 86.9 cm³/mol. The van der Waals surface area contributed by atoms with Gasteiger partial charge in [-0.25, -0.2) is 4.39 Å². The number of halogens is 1. The van der Waals surface area contributed by atoms with Crippen molar-refractivity contribution in [1.29, 1.82) is 0 Å². The van der Waals surface area contributed by atoms with E-state index in [1.54, 1.807) is 12.1 Å². The van der Waals surface area contributed by atoms with Gasteiger partial charge in [0, 0.05) is 6.04 Å². The average Bonchev–Trinajstić information content (AvgIpc) is 2.69. The van der Waals surface area contributed by atoms with Crippen LogP contribution >= 0.6 is 0 Å². The van der Waals surface area contributed by atoms with Crippen LogP contribution in [0.4, 0.5) is 4.39 Å². The van der Waals surface area contributed by atoms with E-state index in [2.05, 4.69) is 24.1 Å². The molecular weight excluding hydrogens is 263 g/mol. The number of hydrogen-bond donors (Lipinski definition) is 1. The van der Waals surface area contributed by atoms with E-state index in [0.29, 0.717) is 6.04 Å². The second kappa shape index (κ2) is 8.50. The van der Waals surface area contributed by atoms with Gasteiger partial charge in [-0.1, -0.05) is 26.0 Å². The Hall–Kier alpha value is -0.930. The van der Waals surface area contributed by atoms with E-state index in [-0.39, 0.29) is 5.82 Å². The van der Waals surface area contributed by atoms with E-state index < -0.39 is 0 Å². The van der Waals surface area contributed by atoms with Crippen molar-refractivity contribution in [3.8, 4) is 0 Å². The maximum Gasteiger partial charge on any atom is 0.123 e. The van der Waals surface area contributed by atoms with Crippen LogP contribution in [0.1, 0.15) is 51.1 Å². The summed E-state index contributed by atoms with van der Waals surface area (Å²) in [5.41, 5.74) is 1.20. The van der Waals surface area contributed by atoms with Crippen molar-refractivity contribution in [2.24, 2.45) is 5.92 Å². The van der Waals surface area contributed by atoms with E-state index >= 15 is 0 Å². The molecule has 2 atom stereocenters. The van der Waals surface area contributed by atoms with Gasteiger partial charge in [-0.15, -0.1) is 0 Å². The van der Waals surface area contributed by atoms with E-state index in [1.807, 2.05) is 12.1 Å². The first-order chi connectivity index (χ1) is 10.2. The van der Waals surface area contributed by atoms with Crippen molar-refractivity contribution in [3.63, 3.8) is 0 Å². The molecule has 1 N–H and O–H groups in total. The normalized spacial score (nSPS) is 22.0. The van der Waals surface area contributed by atoms with Gasteiger partial charge in [-0.05, 0) is 75.5 Å². The van der Waals surface area contributed by atoms with Crippen LogP contribution in [0.2, 0.25) is 0 Å². The van der Waals surface area contributed by atoms with E-state index in [0.717, 1.165) is 25.4 Å². The molecule has 0 bridgehead atoms. The highest BCUT2D eigenvalue weighted by Crippen LogP contribution is 2.20. The van der Waals surface area contributed by atoms with Crippen molar-refractivity contribution >= 4 is 0 Å². The molecular formula is C18H29FN2. The zero-order valence-electron chi connectivity index (χ0n) is 13.4. The molecule has 1 fully saturated rings. The number of likely N-dealkylation sites (tertiary alicyclic amines) is 1. The van der Waals surface area contributed by atoms with Crippen LogP contribution < -0.4 is 5.32 Å².